The van der Waals surface area contributed by atoms with Gasteiger partial charge in [0.25, 0.3) is 6.43 Å². The van der Waals surface area contributed by atoms with Crippen molar-refractivity contribution in [2.75, 3.05) is 13.1 Å². The molecule has 0 aliphatic rings. The summed E-state index contributed by atoms with van der Waals surface area (Å²) >= 11 is 0. The predicted octanol–water partition coefficient (Wildman–Crippen LogP) is 2.66. The molecule has 1 aromatic carbocycles. The Hall–Kier alpha value is -1.00. The van der Waals surface area contributed by atoms with Crippen molar-refractivity contribution in [2.45, 2.75) is 25.9 Å². The molecule has 0 radical (unpaired) electrons. The molecule has 0 aliphatic carbocycles. The summed E-state index contributed by atoms with van der Waals surface area (Å²) in [5.41, 5.74) is 0.644. The molecule has 0 saturated carbocycles. The third kappa shape index (κ3) is 3.87. The van der Waals surface area contributed by atoms with E-state index in [0.29, 0.717) is 12.1 Å². The lowest BCUT2D eigenvalue weighted by Crippen LogP contribution is -2.22. The van der Waals surface area contributed by atoms with E-state index in [2.05, 4.69) is 5.32 Å². The summed E-state index contributed by atoms with van der Waals surface area (Å²) in [5.74, 6) is 0. The summed E-state index contributed by atoms with van der Waals surface area (Å²) in [7, 11) is 0. The molecule has 1 unspecified atom stereocenters. The predicted molar refractivity (Wildman–Crippen MR) is 59.5 cm³/mol. The Balaban J connectivity index is 2.52. The van der Waals surface area contributed by atoms with Gasteiger partial charge in [-0.1, -0.05) is 31.2 Å². The molecule has 0 spiro atoms. The molecule has 0 bridgehead atoms. The largest absolute Gasteiger partial charge is 0.387 e. The Bertz CT molecular complexity index is 300. The number of hydrogen-bond donors (Lipinski definition) is 2. The zero-order valence-electron chi connectivity index (χ0n) is 9.29. The van der Waals surface area contributed by atoms with Crippen LogP contribution < -0.4 is 5.32 Å². The van der Waals surface area contributed by atoms with Crippen LogP contribution in [0.15, 0.2) is 24.3 Å². The Morgan fingerprint density at radius 1 is 1.19 bits per heavy atom. The van der Waals surface area contributed by atoms with Crippen LogP contribution in [-0.4, -0.2) is 18.2 Å². The number of nitrogens with one attached hydrogen (secondary N) is 1. The van der Waals surface area contributed by atoms with Crippen molar-refractivity contribution in [1.29, 1.82) is 0 Å². The van der Waals surface area contributed by atoms with Crippen molar-refractivity contribution in [3.63, 3.8) is 0 Å². The highest BCUT2D eigenvalue weighted by Crippen LogP contribution is 2.20. The number of aliphatic hydroxyl groups is 1. The van der Waals surface area contributed by atoms with E-state index in [9.17, 15) is 13.9 Å². The fourth-order valence-corrected chi connectivity index (χ4v) is 1.40. The zero-order valence-corrected chi connectivity index (χ0v) is 9.29. The number of alkyl halides is 2. The smallest absolute Gasteiger partial charge is 0.263 e. The minimum Gasteiger partial charge on any atom is -0.387 e. The van der Waals surface area contributed by atoms with Crippen LogP contribution in [0.1, 0.15) is 37.0 Å². The monoisotopic (exact) mass is 229 g/mol. The van der Waals surface area contributed by atoms with Crippen LogP contribution in [0, 0.1) is 0 Å². The number of halogens is 2. The van der Waals surface area contributed by atoms with Crippen LogP contribution in [0.5, 0.6) is 0 Å². The second-order valence-corrected chi connectivity index (χ2v) is 3.69. The molecule has 1 rings (SSSR count). The highest BCUT2D eigenvalue weighted by Gasteiger charge is 2.09. The molecular formula is C12H17F2NO. The average molecular weight is 229 g/mol. The highest BCUT2D eigenvalue weighted by molar-refractivity contribution is 5.25. The molecule has 2 N–H and O–H groups in total. The molecule has 16 heavy (non-hydrogen) atoms. The molecule has 4 heteroatoms. The van der Waals surface area contributed by atoms with Gasteiger partial charge in [-0.25, -0.2) is 8.78 Å². The average Bonchev–Trinajstić information content (AvgIpc) is 2.29. The molecule has 0 fully saturated rings. The van der Waals surface area contributed by atoms with Gasteiger partial charge in [-0.3, -0.25) is 0 Å². The van der Waals surface area contributed by atoms with E-state index in [4.69, 9.17) is 0 Å². The van der Waals surface area contributed by atoms with Crippen LogP contribution in [-0.2, 0) is 0 Å². The summed E-state index contributed by atoms with van der Waals surface area (Å²) in [6.45, 7) is 3.32. The molecule has 1 aromatic rings. The van der Waals surface area contributed by atoms with Gasteiger partial charge < -0.3 is 10.4 Å². The van der Waals surface area contributed by atoms with E-state index in [1.807, 2.05) is 6.92 Å². The third-order valence-electron chi connectivity index (χ3n) is 2.34. The minimum absolute atomic E-state index is 0.0162. The van der Waals surface area contributed by atoms with Crippen LogP contribution in [0.2, 0.25) is 0 Å². The maximum atomic E-state index is 12.3. The van der Waals surface area contributed by atoms with E-state index in [1.54, 1.807) is 12.1 Å². The molecule has 0 heterocycles. The van der Waals surface area contributed by atoms with E-state index in [0.717, 1.165) is 13.0 Å². The number of benzene rings is 1. The summed E-state index contributed by atoms with van der Waals surface area (Å²) < 4.78 is 24.5. The van der Waals surface area contributed by atoms with Gasteiger partial charge in [0, 0.05) is 12.1 Å². The summed E-state index contributed by atoms with van der Waals surface area (Å²) in [6.07, 6.45) is -2.10. The maximum absolute atomic E-state index is 12.3. The summed E-state index contributed by atoms with van der Waals surface area (Å²) in [5, 5.41) is 12.8. The second-order valence-electron chi connectivity index (χ2n) is 3.69. The molecular weight excluding hydrogens is 212 g/mol. The highest BCUT2D eigenvalue weighted by atomic mass is 19.3. The number of hydrogen-bond acceptors (Lipinski definition) is 2. The normalized spacial score (nSPS) is 13.1. The molecule has 0 aromatic heterocycles. The second kappa shape index (κ2) is 6.55. The lowest BCUT2D eigenvalue weighted by atomic mass is 10.1. The van der Waals surface area contributed by atoms with Crippen LogP contribution in [0.25, 0.3) is 0 Å². The Morgan fingerprint density at radius 3 is 2.25 bits per heavy atom. The Labute approximate surface area is 94.3 Å². The van der Waals surface area contributed by atoms with Crippen molar-refractivity contribution in [2.24, 2.45) is 0 Å². The van der Waals surface area contributed by atoms with Gasteiger partial charge in [0.1, 0.15) is 0 Å². The van der Waals surface area contributed by atoms with Crippen molar-refractivity contribution in [1.82, 2.24) is 5.32 Å². The summed E-state index contributed by atoms with van der Waals surface area (Å²) in [6, 6.07) is 5.78. The molecule has 90 valence electrons. The Kier molecular flexibility index (Phi) is 5.35. The van der Waals surface area contributed by atoms with E-state index in [1.165, 1.54) is 12.1 Å². The van der Waals surface area contributed by atoms with Crippen LogP contribution >= 0.6 is 0 Å². The Morgan fingerprint density at radius 2 is 1.75 bits per heavy atom. The van der Waals surface area contributed by atoms with E-state index >= 15 is 0 Å². The standard InChI is InChI=1S/C12H17F2NO/c1-2-7-15-8-11(16)9-3-5-10(6-4-9)12(13)14/h3-6,11-12,15-16H,2,7-8H2,1H3. The van der Waals surface area contributed by atoms with Crippen molar-refractivity contribution in [3.8, 4) is 0 Å². The third-order valence-corrected chi connectivity index (χ3v) is 2.34. The molecule has 0 amide bonds. The SMILES string of the molecule is CCCNCC(O)c1ccc(C(F)F)cc1. The molecule has 2 nitrogen and oxygen atoms in total. The van der Waals surface area contributed by atoms with Gasteiger partial charge >= 0.3 is 0 Å². The summed E-state index contributed by atoms with van der Waals surface area (Å²) in [4.78, 5) is 0. The fourth-order valence-electron chi connectivity index (χ4n) is 1.40. The van der Waals surface area contributed by atoms with Crippen molar-refractivity contribution < 1.29 is 13.9 Å². The van der Waals surface area contributed by atoms with E-state index < -0.39 is 12.5 Å². The van der Waals surface area contributed by atoms with Crippen molar-refractivity contribution in [3.05, 3.63) is 35.4 Å². The topological polar surface area (TPSA) is 32.3 Å². The lowest BCUT2D eigenvalue weighted by molar-refractivity contribution is 0.150. The van der Waals surface area contributed by atoms with Crippen LogP contribution in [0.3, 0.4) is 0 Å². The van der Waals surface area contributed by atoms with Gasteiger partial charge in [0.05, 0.1) is 6.10 Å². The van der Waals surface area contributed by atoms with Crippen LogP contribution in [0.4, 0.5) is 8.78 Å². The van der Waals surface area contributed by atoms with Gasteiger partial charge in [-0.05, 0) is 18.5 Å². The number of aliphatic hydroxyl groups excluding tert-OH is 1. The lowest BCUT2D eigenvalue weighted by Gasteiger charge is -2.12. The quantitative estimate of drug-likeness (QED) is 0.735. The maximum Gasteiger partial charge on any atom is 0.263 e. The first-order valence-corrected chi connectivity index (χ1v) is 5.42. The molecule has 1 atom stereocenters. The van der Waals surface area contributed by atoms with Gasteiger partial charge in [-0.15, -0.1) is 0 Å². The number of rotatable bonds is 6. The minimum atomic E-state index is -2.45. The first-order chi connectivity index (χ1) is 7.65. The van der Waals surface area contributed by atoms with Gasteiger partial charge in [0.15, 0.2) is 0 Å². The van der Waals surface area contributed by atoms with Gasteiger partial charge in [0.2, 0.25) is 0 Å². The van der Waals surface area contributed by atoms with Gasteiger partial charge in [-0.2, -0.15) is 0 Å². The van der Waals surface area contributed by atoms with E-state index in [-0.39, 0.29) is 5.56 Å². The van der Waals surface area contributed by atoms with Crippen molar-refractivity contribution >= 4 is 0 Å². The first-order valence-electron chi connectivity index (χ1n) is 5.42. The molecule has 0 saturated heterocycles. The zero-order chi connectivity index (χ0) is 12.0. The fraction of sp³-hybridized carbons (Fsp3) is 0.500. The first kappa shape index (κ1) is 13.1. The molecule has 0 aliphatic heterocycles.